The molecule has 0 radical (unpaired) electrons. The second-order valence-corrected chi connectivity index (χ2v) is 4.69. The fourth-order valence-corrected chi connectivity index (χ4v) is 2.01. The highest BCUT2D eigenvalue weighted by molar-refractivity contribution is 5.95. The Bertz CT molecular complexity index is 414. The molecule has 0 unspecified atom stereocenters. The minimum atomic E-state index is 0.0710. The first-order valence-corrected chi connectivity index (χ1v) is 6.46. The number of likely N-dealkylation sites (tertiary alicyclic amines) is 1. The summed E-state index contributed by atoms with van der Waals surface area (Å²) in [6.07, 6.45) is 0.961. The molecule has 0 aliphatic carbocycles. The van der Waals surface area contributed by atoms with Crippen LogP contribution in [0.5, 0.6) is 5.75 Å². The number of nitrogens with zero attached hydrogens (tertiary/aromatic N) is 1. The van der Waals surface area contributed by atoms with Crippen LogP contribution in [0.2, 0.25) is 0 Å². The van der Waals surface area contributed by atoms with Gasteiger partial charge in [-0.2, -0.15) is 0 Å². The van der Waals surface area contributed by atoms with E-state index in [1.165, 1.54) is 0 Å². The highest BCUT2D eigenvalue weighted by atomic mass is 16.5. The predicted octanol–water partition coefficient (Wildman–Crippen LogP) is 1.51. The molecule has 1 fully saturated rings. The maximum atomic E-state index is 12.1. The zero-order valence-electron chi connectivity index (χ0n) is 10.8. The van der Waals surface area contributed by atoms with E-state index in [2.05, 4.69) is 6.92 Å². The molecule has 18 heavy (non-hydrogen) atoms. The Morgan fingerprint density at radius 1 is 1.50 bits per heavy atom. The lowest BCUT2D eigenvalue weighted by Gasteiger charge is -2.38. The van der Waals surface area contributed by atoms with Crippen molar-refractivity contribution in [3.8, 4) is 5.75 Å². The summed E-state index contributed by atoms with van der Waals surface area (Å²) in [5, 5.41) is 0. The molecule has 0 bridgehead atoms. The van der Waals surface area contributed by atoms with E-state index in [4.69, 9.17) is 10.5 Å². The highest BCUT2D eigenvalue weighted by Gasteiger charge is 2.30. The molecule has 1 aliphatic rings. The topological polar surface area (TPSA) is 55.6 Å². The van der Waals surface area contributed by atoms with Gasteiger partial charge in [-0.1, -0.05) is 13.0 Å². The third-order valence-corrected chi connectivity index (χ3v) is 3.13. The third kappa shape index (κ3) is 2.82. The van der Waals surface area contributed by atoms with Crippen LogP contribution in [-0.4, -0.2) is 37.0 Å². The van der Waals surface area contributed by atoms with Gasteiger partial charge < -0.3 is 15.4 Å². The zero-order valence-corrected chi connectivity index (χ0v) is 10.8. The maximum Gasteiger partial charge on any atom is 0.254 e. The number of amides is 1. The van der Waals surface area contributed by atoms with Crippen LogP contribution in [0.4, 0.5) is 0 Å². The number of carbonyl (C=O) groups is 1. The van der Waals surface area contributed by atoms with E-state index in [1.54, 1.807) is 0 Å². The minimum Gasteiger partial charge on any atom is -0.494 e. The second-order valence-electron chi connectivity index (χ2n) is 4.69. The van der Waals surface area contributed by atoms with Crippen molar-refractivity contribution in [3.63, 3.8) is 0 Å². The van der Waals surface area contributed by atoms with Crippen LogP contribution < -0.4 is 10.5 Å². The lowest BCUT2D eigenvalue weighted by Crippen LogP contribution is -2.52. The summed E-state index contributed by atoms with van der Waals surface area (Å²) in [5.74, 6) is 1.30. The number of benzene rings is 1. The molecule has 1 amide bonds. The van der Waals surface area contributed by atoms with Crippen LogP contribution in [0, 0.1) is 5.92 Å². The Hall–Kier alpha value is -1.55. The fourth-order valence-electron chi connectivity index (χ4n) is 2.01. The van der Waals surface area contributed by atoms with E-state index < -0.39 is 0 Å². The Balaban J connectivity index is 1.98. The minimum absolute atomic E-state index is 0.0710. The number of hydrogen-bond donors (Lipinski definition) is 1. The van der Waals surface area contributed by atoms with E-state index in [9.17, 15) is 4.79 Å². The number of rotatable bonds is 5. The van der Waals surface area contributed by atoms with Crippen molar-refractivity contribution in [1.82, 2.24) is 4.90 Å². The molecule has 1 heterocycles. The molecular weight excluding hydrogens is 228 g/mol. The van der Waals surface area contributed by atoms with Crippen LogP contribution in [0.3, 0.4) is 0 Å². The average molecular weight is 248 g/mol. The van der Waals surface area contributed by atoms with Crippen molar-refractivity contribution in [2.24, 2.45) is 11.7 Å². The van der Waals surface area contributed by atoms with Crippen molar-refractivity contribution >= 4 is 5.91 Å². The van der Waals surface area contributed by atoms with Crippen molar-refractivity contribution in [2.45, 2.75) is 13.3 Å². The molecule has 4 nitrogen and oxygen atoms in total. The van der Waals surface area contributed by atoms with Gasteiger partial charge in [-0.05, 0) is 31.2 Å². The Morgan fingerprint density at radius 2 is 2.28 bits per heavy atom. The van der Waals surface area contributed by atoms with Gasteiger partial charge in [0, 0.05) is 24.6 Å². The van der Waals surface area contributed by atoms with Crippen molar-refractivity contribution in [1.29, 1.82) is 0 Å². The first-order chi connectivity index (χ1) is 8.74. The molecule has 2 rings (SSSR count). The number of carbonyl (C=O) groups excluding carboxylic acids is 1. The number of ether oxygens (including phenoxy) is 1. The summed E-state index contributed by atoms with van der Waals surface area (Å²) in [7, 11) is 0. The molecule has 1 saturated heterocycles. The molecule has 4 heteroatoms. The molecule has 1 aliphatic heterocycles. The van der Waals surface area contributed by atoms with Crippen LogP contribution in [0.1, 0.15) is 23.7 Å². The Labute approximate surface area is 108 Å². The maximum absolute atomic E-state index is 12.1. The Morgan fingerprint density at radius 3 is 2.94 bits per heavy atom. The quantitative estimate of drug-likeness (QED) is 0.859. The summed E-state index contributed by atoms with van der Waals surface area (Å²) in [6, 6.07) is 7.38. The van der Waals surface area contributed by atoms with Crippen molar-refractivity contribution in [2.75, 3.05) is 26.2 Å². The molecule has 1 aromatic carbocycles. The molecule has 0 saturated carbocycles. The SMILES string of the molecule is CCCOc1cccc(C(=O)N2CC(CN)C2)c1. The van der Waals surface area contributed by atoms with E-state index in [-0.39, 0.29) is 5.91 Å². The molecule has 0 spiro atoms. The smallest absolute Gasteiger partial charge is 0.254 e. The molecule has 0 aromatic heterocycles. The van der Waals surface area contributed by atoms with E-state index >= 15 is 0 Å². The summed E-state index contributed by atoms with van der Waals surface area (Å²) in [6.45, 7) is 4.94. The van der Waals surface area contributed by atoms with Gasteiger partial charge in [0.15, 0.2) is 0 Å². The van der Waals surface area contributed by atoms with Gasteiger partial charge >= 0.3 is 0 Å². The first-order valence-electron chi connectivity index (χ1n) is 6.46. The summed E-state index contributed by atoms with van der Waals surface area (Å²) in [5.41, 5.74) is 6.25. The van der Waals surface area contributed by atoms with Gasteiger partial charge in [-0.15, -0.1) is 0 Å². The Kier molecular flexibility index (Phi) is 4.20. The number of nitrogens with two attached hydrogens (primary N) is 1. The second kappa shape index (κ2) is 5.87. The van der Waals surface area contributed by atoms with Gasteiger partial charge in [0.1, 0.15) is 5.75 Å². The van der Waals surface area contributed by atoms with Crippen molar-refractivity contribution in [3.05, 3.63) is 29.8 Å². The lowest BCUT2D eigenvalue weighted by atomic mass is 9.99. The molecular formula is C14H20N2O2. The van der Waals surface area contributed by atoms with Crippen LogP contribution in [0.15, 0.2) is 24.3 Å². The average Bonchev–Trinajstić information content (AvgIpc) is 2.35. The van der Waals surface area contributed by atoms with E-state index in [0.29, 0.717) is 24.6 Å². The van der Waals surface area contributed by atoms with Gasteiger partial charge in [0.2, 0.25) is 0 Å². The van der Waals surface area contributed by atoms with Crippen molar-refractivity contribution < 1.29 is 9.53 Å². The zero-order chi connectivity index (χ0) is 13.0. The van der Waals surface area contributed by atoms with Gasteiger partial charge in [-0.25, -0.2) is 0 Å². The summed E-state index contributed by atoms with van der Waals surface area (Å²) in [4.78, 5) is 14.0. The van der Waals surface area contributed by atoms with Gasteiger partial charge in [0.25, 0.3) is 5.91 Å². The highest BCUT2D eigenvalue weighted by Crippen LogP contribution is 2.20. The third-order valence-electron chi connectivity index (χ3n) is 3.13. The van der Waals surface area contributed by atoms with Gasteiger partial charge in [0.05, 0.1) is 6.61 Å². The normalized spacial score (nSPS) is 15.3. The first kappa shape index (κ1) is 12.9. The molecule has 98 valence electrons. The van der Waals surface area contributed by atoms with Crippen LogP contribution >= 0.6 is 0 Å². The van der Waals surface area contributed by atoms with E-state index in [1.807, 2.05) is 29.2 Å². The van der Waals surface area contributed by atoms with Crippen LogP contribution in [0.25, 0.3) is 0 Å². The molecule has 2 N–H and O–H groups in total. The molecule has 1 aromatic rings. The summed E-state index contributed by atoms with van der Waals surface area (Å²) >= 11 is 0. The predicted molar refractivity (Wildman–Crippen MR) is 70.7 cm³/mol. The standard InChI is InChI=1S/C14H20N2O2/c1-2-6-18-13-5-3-4-12(7-13)14(17)16-9-11(8-15)10-16/h3-5,7,11H,2,6,8-10,15H2,1H3. The largest absolute Gasteiger partial charge is 0.494 e. The summed E-state index contributed by atoms with van der Waals surface area (Å²) < 4.78 is 5.53. The monoisotopic (exact) mass is 248 g/mol. The van der Waals surface area contributed by atoms with E-state index in [0.717, 1.165) is 25.3 Å². The molecule has 0 atom stereocenters. The van der Waals surface area contributed by atoms with Crippen LogP contribution in [-0.2, 0) is 0 Å². The van der Waals surface area contributed by atoms with Gasteiger partial charge in [-0.3, -0.25) is 4.79 Å². The fraction of sp³-hybridized carbons (Fsp3) is 0.500. The lowest BCUT2D eigenvalue weighted by molar-refractivity contribution is 0.0515. The number of hydrogen-bond acceptors (Lipinski definition) is 3.